The zero-order valence-electron chi connectivity index (χ0n) is 29.8. The molecular formula is C41H44Cl2N2O7. The number of benzene rings is 4. The van der Waals surface area contributed by atoms with Crippen molar-refractivity contribution in [1.29, 1.82) is 0 Å². The van der Waals surface area contributed by atoms with Crippen molar-refractivity contribution in [2.24, 2.45) is 5.92 Å². The van der Waals surface area contributed by atoms with Crippen LogP contribution in [0.5, 0.6) is 17.2 Å². The van der Waals surface area contributed by atoms with Gasteiger partial charge in [-0.3, -0.25) is 4.90 Å². The summed E-state index contributed by atoms with van der Waals surface area (Å²) in [6.07, 6.45) is 2.17. The normalized spacial score (nSPS) is 18.9. The van der Waals surface area contributed by atoms with Crippen LogP contribution in [0.4, 0.5) is 5.69 Å². The molecule has 274 valence electrons. The molecule has 0 radical (unpaired) electrons. The summed E-state index contributed by atoms with van der Waals surface area (Å²) in [5.41, 5.74) is 4.01. The van der Waals surface area contributed by atoms with Gasteiger partial charge < -0.3 is 29.0 Å². The predicted molar refractivity (Wildman–Crippen MR) is 202 cm³/mol. The van der Waals surface area contributed by atoms with Gasteiger partial charge in [0.05, 0.1) is 26.9 Å². The van der Waals surface area contributed by atoms with Crippen molar-refractivity contribution in [3.8, 4) is 17.2 Å². The lowest BCUT2D eigenvalue weighted by Crippen LogP contribution is -2.52. The second-order valence-corrected chi connectivity index (χ2v) is 14.0. The highest BCUT2D eigenvalue weighted by Gasteiger charge is 2.38. The number of methoxy groups -OCH3 is 3. The summed E-state index contributed by atoms with van der Waals surface area (Å²) in [5, 5.41) is 4.34. The van der Waals surface area contributed by atoms with Crippen LogP contribution in [0.2, 0.25) is 10.0 Å². The molecule has 0 aliphatic carbocycles. The topological polar surface area (TPSA) is 95.6 Å². The highest BCUT2D eigenvalue weighted by molar-refractivity contribution is 6.36. The number of nitrogens with one attached hydrogen (secondary N) is 1. The number of halogens is 2. The van der Waals surface area contributed by atoms with Crippen molar-refractivity contribution in [2.75, 3.05) is 46.3 Å². The van der Waals surface area contributed by atoms with E-state index in [1.54, 1.807) is 57.7 Å². The molecule has 0 saturated carbocycles. The molecule has 3 heterocycles. The van der Waals surface area contributed by atoms with Crippen LogP contribution in [0.3, 0.4) is 0 Å². The minimum Gasteiger partial charge on any atom is -0.497 e. The summed E-state index contributed by atoms with van der Waals surface area (Å²) in [6.45, 7) is 4.88. The van der Waals surface area contributed by atoms with Crippen LogP contribution in [0.25, 0.3) is 0 Å². The summed E-state index contributed by atoms with van der Waals surface area (Å²) < 4.78 is 28.7. The van der Waals surface area contributed by atoms with E-state index in [9.17, 15) is 9.59 Å². The number of piperidine rings is 3. The Morgan fingerprint density at radius 3 is 2.17 bits per heavy atom. The number of hydrogen-bond donors (Lipinski definition) is 1. The minimum atomic E-state index is -0.800. The van der Waals surface area contributed by atoms with Crippen molar-refractivity contribution in [2.45, 2.75) is 50.9 Å². The van der Waals surface area contributed by atoms with Gasteiger partial charge in [-0.05, 0) is 121 Å². The van der Waals surface area contributed by atoms with Crippen LogP contribution >= 0.6 is 23.2 Å². The Hall–Kier alpha value is -4.44. The molecule has 3 aliphatic heterocycles. The molecule has 3 atom stereocenters. The zero-order valence-corrected chi connectivity index (χ0v) is 31.3. The van der Waals surface area contributed by atoms with E-state index in [1.807, 2.05) is 49.4 Å². The van der Waals surface area contributed by atoms with Gasteiger partial charge in [-0.15, -0.1) is 0 Å². The number of anilines is 1. The molecule has 52 heavy (non-hydrogen) atoms. The van der Waals surface area contributed by atoms with E-state index in [4.69, 9.17) is 46.9 Å². The Morgan fingerprint density at radius 2 is 1.56 bits per heavy atom. The number of aryl methyl sites for hydroxylation is 1. The lowest BCUT2D eigenvalue weighted by molar-refractivity contribution is -0.159. The fourth-order valence-electron chi connectivity index (χ4n) is 6.95. The summed E-state index contributed by atoms with van der Waals surface area (Å²) >= 11 is 13.4. The first kappa shape index (κ1) is 37.3. The van der Waals surface area contributed by atoms with E-state index in [-0.39, 0.29) is 18.5 Å². The maximum atomic E-state index is 13.8. The molecule has 3 aliphatic rings. The smallest absolute Gasteiger partial charge is 0.338 e. The molecule has 2 bridgehead atoms. The van der Waals surface area contributed by atoms with Gasteiger partial charge in [-0.25, -0.2) is 9.59 Å². The van der Waals surface area contributed by atoms with Crippen LogP contribution < -0.4 is 19.5 Å². The maximum Gasteiger partial charge on any atom is 0.338 e. The van der Waals surface area contributed by atoms with Gasteiger partial charge in [0.2, 0.25) is 0 Å². The molecule has 9 nitrogen and oxygen atoms in total. The van der Waals surface area contributed by atoms with Crippen LogP contribution in [-0.4, -0.2) is 63.9 Å². The van der Waals surface area contributed by atoms with Gasteiger partial charge in [0.15, 0.2) is 17.5 Å². The third-order valence-electron chi connectivity index (χ3n) is 9.99. The van der Waals surface area contributed by atoms with Gasteiger partial charge >= 0.3 is 11.9 Å². The summed E-state index contributed by atoms with van der Waals surface area (Å²) in [6, 6.07) is 22.5. The molecule has 3 saturated heterocycles. The summed E-state index contributed by atoms with van der Waals surface area (Å²) in [7, 11) is 4.69. The van der Waals surface area contributed by atoms with Crippen LogP contribution in [0, 0.1) is 5.92 Å². The third kappa shape index (κ3) is 8.60. The van der Waals surface area contributed by atoms with Crippen molar-refractivity contribution < 1.29 is 33.3 Å². The van der Waals surface area contributed by atoms with Crippen molar-refractivity contribution in [3.05, 3.63) is 117 Å². The van der Waals surface area contributed by atoms with E-state index in [0.29, 0.717) is 61.2 Å². The first-order chi connectivity index (χ1) is 25.2. The Bertz CT molecular complexity index is 1850. The van der Waals surface area contributed by atoms with Crippen molar-refractivity contribution in [1.82, 2.24) is 4.90 Å². The molecule has 1 N–H and O–H groups in total. The number of esters is 2. The molecule has 4 aromatic rings. The monoisotopic (exact) mass is 746 g/mol. The highest BCUT2D eigenvalue weighted by Crippen LogP contribution is 2.37. The highest BCUT2D eigenvalue weighted by atomic mass is 35.5. The number of carbonyl (C=O) groups excluding carboxylic acids is 2. The third-order valence-corrected chi connectivity index (χ3v) is 10.7. The molecule has 7 rings (SSSR count). The predicted octanol–water partition coefficient (Wildman–Crippen LogP) is 8.51. The van der Waals surface area contributed by atoms with E-state index >= 15 is 0 Å². The van der Waals surface area contributed by atoms with Gasteiger partial charge in [-0.2, -0.15) is 0 Å². The molecule has 3 fully saturated rings. The lowest BCUT2D eigenvalue weighted by atomic mass is 9.86. The van der Waals surface area contributed by atoms with Crippen LogP contribution in [-0.2, 0) is 27.1 Å². The SMILES string of the molecule is CCc1cc(Cl)c(CC(OC(=O)c2ccc(NC(C(=O)OC3CN4CCC3CC4)c3cccc(OC)c3)cc2)c2ccc(OC)c(OC)c2)c(Cl)c1. The Balaban J connectivity index is 1.22. The fraction of sp³-hybridized carbons (Fsp3) is 0.366. The van der Waals surface area contributed by atoms with Gasteiger partial charge in [0.1, 0.15) is 18.0 Å². The molecule has 4 aromatic carbocycles. The van der Waals surface area contributed by atoms with Crippen molar-refractivity contribution in [3.63, 3.8) is 0 Å². The molecule has 3 unspecified atom stereocenters. The summed E-state index contributed by atoms with van der Waals surface area (Å²) in [5.74, 6) is 1.13. The van der Waals surface area contributed by atoms with Crippen LogP contribution in [0.1, 0.15) is 64.5 Å². The Kier molecular flexibility index (Phi) is 12.1. The molecule has 0 spiro atoms. The number of ether oxygens (including phenoxy) is 5. The minimum absolute atomic E-state index is 0.144. The number of fused-ring (bicyclic) bond motifs is 3. The second kappa shape index (κ2) is 16.9. The average molecular weight is 748 g/mol. The first-order valence-electron chi connectivity index (χ1n) is 17.5. The van der Waals surface area contributed by atoms with Crippen molar-refractivity contribution >= 4 is 40.8 Å². The molecular weight excluding hydrogens is 703 g/mol. The molecule has 0 aromatic heterocycles. The number of carbonyl (C=O) groups is 2. The Labute approximate surface area is 315 Å². The molecule has 0 amide bonds. The Morgan fingerprint density at radius 1 is 0.846 bits per heavy atom. The van der Waals surface area contributed by atoms with E-state index in [0.717, 1.165) is 44.5 Å². The fourth-order valence-corrected chi connectivity index (χ4v) is 7.63. The van der Waals surface area contributed by atoms with E-state index in [1.165, 1.54) is 0 Å². The zero-order chi connectivity index (χ0) is 36.8. The first-order valence-corrected chi connectivity index (χ1v) is 18.3. The molecule has 11 heteroatoms. The number of hydrogen-bond acceptors (Lipinski definition) is 9. The summed E-state index contributed by atoms with van der Waals surface area (Å²) in [4.78, 5) is 29.9. The standard InChI is InChI=1S/C41H44Cl2N2O7/c1-5-25-19-33(42)32(34(43)20-25)23-36(28-11-14-35(49-3)37(22-28)50-4)51-40(46)27-9-12-30(13-10-27)44-39(29-7-6-8-31(21-29)48-2)41(47)52-38-24-45-17-15-26(38)16-18-45/h6-14,19-22,26,36,38-39,44H,5,15-18,23-24H2,1-4H3. The van der Waals surface area contributed by atoms with Gasteiger partial charge in [0, 0.05) is 28.7 Å². The van der Waals surface area contributed by atoms with E-state index in [2.05, 4.69) is 10.2 Å². The number of rotatable bonds is 14. The quantitative estimate of drug-likeness (QED) is 0.128. The van der Waals surface area contributed by atoms with Gasteiger partial charge in [-0.1, -0.05) is 48.3 Å². The second-order valence-electron chi connectivity index (χ2n) is 13.1. The van der Waals surface area contributed by atoms with Gasteiger partial charge in [0.25, 0.3) is 0 Å². The lowest BCUT2D eigenvalue weighted by Gasteiger charge is -2.44. The van der Waals surface area contributed by atoms with E-state index < -0.39 is 18.1 Å². The number of nitrogens with zero attached hydrogens (tertiary/aromatic N) is 1. The average Bonchev–Trinajstić information content (AvgIpc) is 3.18. The largest absolute Gasteiger partial charge is 0.497 e. The maximum absolute atomic E-state index is 13.8. The van der Waals surface area contributed by atoms with Crippen LogP contribution in [0.15, 0.2) is 78.9 Å².